The maximum atomic E-state index is 12.8. The normalized spacial score (nSPS) is 10.8. The lowest BCUT2D eigenvalue weighted by atomic mass is 10.1. The SMILES string of the molecule is CCCN(CCC)c1c([N+](=O)[O-])cc(C(F)(F)F)cc1[N+](=O)[O-].O=C(O)COc1ccc(Cl)cc1Cl. The predicted molar refractivity (Wildman–Crippen MR) is 127 cm³/mol. The van der Waals surface area contributed by atoms with Gasteiger partial charge < -0.3 is 14.7 Å². The number of halogens is 5. The highest BCUT2D eigenvalue weighted by Crippen LogP contribution is 2.43. The molecule has 2 aromatic rings. The van der Waals surface area contributed by atoms with Crippen molar-refractivity contribution in [1.29, 1.82) is 0 Å². The van der Waals surface area contributed by atoms with E-state index in [4.69, 9.17) is 33.0 Å². The largest absolute Gasteiger partial charge is 0.480 e. The molecule has 0 aliphatic carbocycles. The Morgan fingerprint density at radius 1 is 1.03 bits per heavy atom. The smallest absolute Gasteiger partial charge is 0.416 e. The second-order valence-electron chi connectivity index (χ2n) is 7.12. The van der Waals surface area contributed by atoms with E-state index in [-0.39, 0.29) is 18.8 Å². The van der Waals surface area contributed by atoms with Crippen LogP contribution in [0.1, 0.15) is 32.3 Å². The molecule has 10 nitrogen and oxygen atoms in total. The van der Waals surface area contributed by atoms with Crippen LogP contribution in [-0.2, 0) is 11.0 Å². The van der Waals surface area contributed by atoms with E-state index in [0.717, 1.165) is 0 Å². The summed E-state index contributed by atoms with van der Waals surface area (Å²) in [5.74, 6) is -0.737. The Morgan fingerprint density at radius 3 is 1.89 bits per heavy atom. The van der Waals surface area contributed by atoms with Gasteiger partial charge in [-0.15, -0.1) is 0 Å². The summed E-state index contributed by atoms with van der Waals surface area (Å²) in [5.41, 5.74) is -3.61. The van der Waals surface area contributed by atoms with E-state index >= 15 is 0 Å². The molecule has 2 rings (SSSR count). The van der Waals surface area contributed by atoms with Gasteiger partial charge in [0.25, 0.3) is 11.4 Å². The molecule has 0 radical (unpaired) electrons. The van der Waals surface area contributed by atoms with Crippen molar-refractivity contribution in [3.05, 3.63) is 66.2 Å². The minimum Gasteiger partial charge on any atom is -0.480 e. The summed E-state index contributed by atoms with van der Waals surface area (Å²) < 4.78 is 43.4. The molecule has 198 valence electrons. The van der Waals surface area contributed by atoms with Gasteiger partial charge in [-0.2, -0.15) is 13.2 Å². The Kier molecular flexibility index (Phi) is 11.7. The van der Waals surface area contributed by atoms with Crippen molar-refractivity contribution < 1.29 is 37.7 Å². The third-order valence-electron chi connectivity index (χ3n) is 4.34. The van der Waals surface area contributed by atoms with Gasteiger partial charge >= 0.3 is 12.1 Å². The lowest BCUT2D eigenvalue weighted by Crippen LogP contribution is -2.27. The number of aliphatic carboxylic acids is 1. The molecular formula is C21H22Cl2F3N3O7. The first-order chi connectivity index (χ1) is 16.7. The Hall–Kier alpha value is -3.32. The molecule has 0 aromatic heterocycles. The minimum atomic E-state index is -4.91. The molecule has 0 amide bonds. The number of hydrogen-bond acceptors (Lipinski definition) is 7. The maximum absolute atomic E-state index is 12.8. The molecule has 0 spiro atoms. The maximum Gasteiger partial charge on any atom is 0.416 e. The van der Waals surface area contributed by atoms with E-state index in [1.165, 1.54) is 17.0 Å². The van der Waals surface area contributed by atoms with Gasteiger partial charge in [-0.25, -0.2) is 4.79 Å². The molecule has 0 aliphatic rings. The van der Waals surface area contributed by atoms with E-state index in [1.807, 2.05) is 0 Å². The van der Waals surface area contributed by atoms with Crippen LogP contribution >= 0.6 is 23.2 Å². The zero-order chi connectivity index (χ0) is 27.6. The molecule has 0 saturated carbocycles. The van der Waals surface area contributed by atoms with Gasteiger partial charge in [0.2, 0.25) is 0 Å². The highest BCUT2D eigenvalue weighted by atomic mass is 35.5. The highest BCUT2D eigenvalue weighted by Gasteiger charge is 2.39. The van der Waals surface area contributed by atoms with Gasteiger partial charge in [-0.05, 0) is 31.0 Å². The molecule has 0 heterocycles. The molecule has 0 saturated heterocycles. The number of nitrogens with zero attached hydrogens (tertiary/aromatic N) is 3. The number of ether oxygens (including phenoxy) is 1. The lowest BCUT2D eigenvalue weighted by molar-refractivity contribution is -0.393. The number of nitro benzene ring substituents is 2. The van der Waals surface area contributed by atoms with Crippen molar-refractivity contribution in [2.24, 2.45) is 0 Å². The van der Waals surface area contributed by atoms with Gasteiger partial charge in [0.1, 0.15) is 5.75 Å². The van der Waals surface area contributed by atoms with Crippen LogP contribution in [0.3, 0.4) is 0 Å². The molecule has 0 atom stereocenters. The van der Waals surface area contributed by atoms with E-state index in [0.29, 0.717) is 40.8 Å². The number of nitro groups is 2. The van der Waals surface area contributed by atoms with Crippen LogP contribution in [0.4, 0.5) is 30.2 Å². The summed E-state index contributed by atoms with van der Waals surface area (Å²) in [6.07, 6.45) is -3.83. The zero-order valence-electron chi connectivity index (χ0n) is 19.1. The number of benzene rings is 2. The van der Waals surface area contributed by atoms with Gasteiger partial charge in [0, 0.05) is 30.2 Å². The number of hydrogen-bond donors (Lipinski definition) is 1. The highest BCUT2D eigenvalue weighted by molar-refractivity contribution is 6.35. The molecule has 0 unspecified atom stereocenters. The molecular weight excluding hydrogens is 534 g/mol. The van der Waals surface area contributed by atoms with Crippen LogP contribution in [0.15, 0.2) is 30.3 Å². The zero-order valence-corrected chi connectivity index (χ0v) is 20.6. The Bertz CT molecular complexity index is 1060. The van der Waals surface area contributed by atoms with Gasteiger partial charge in [0.05, 0.1) is 20.4 Å². The van der Waals surface area contributed by atoms with Crippen molar-refractivity contribution in [2.75, 3.05) is 24.6 Å². The number of carboxylic acid groups (broad SMARTS) is 1. The predicted octanol–water partition coefficient (Wildman–Crippen LogP) is 6.61. The van der Waals surface area contributed by atoms with E-state index in [2.05, 4.69) is 0 Å². The molecule has 0 fully saturated rings. The quantitative estimate of drug-likeness (QED) is 0.255. The summed E-state index contributed by atoms with van der Waals surface area (Å²) in [7, 11) is 0. The van der Waals surface area contributed by atoms with Crippen molar-refractivity contribution in [1.82, 2.24) is 0 Å². The average Bonchev–Trinajstić information content (AvgIpc) is 2.77. The second-order valence-corrected chi connectivity index (χ2v) is 7.96. The third-order valence-corrected chi connectivity index (χ3v) is 4.87. The fraction of sp³-hybridized carbons (Fsp3) is 0.381. The Morgan fingerprint density at radius 2 is 1.53 bits per heavy atom. The molecule has 0 aliphatic heterocycles. The van der Waals surface area contributed by atoms with Crippen LogP contribution in [0.2, 0.25) is 10.0 Å². The molecule has 36 heavy (non-hydrogen) atoms. The number of anilines is 1. The molecule has 0 bridgehead atoms. The van der Waals surface area contributed by atoms with Gasteiger partial charge in [-0.1, -0.05) is 37.0 Å². The van der Waals surface area contributed by atoms with Crippen molar-refractivity contribution in [2.45, 2.75) is 32.9 Å². The topological polar surface area (TPSA) is 136 Å². The summed E-state index contributed by atoms with van der Waals surface area (Å²) in [5, 5.41) is 31.5. The monoisotopic (exact) mass is 555 g/mol. The molecule has 15 heteroatoms. The second kappa shape index (κ2) is 13.7. The van der Waals surface area contributed by atoms with Crippen LogP contribution in [0.25, 0.3) is 0 Å². The number of rotatable bonds is 10. The van der Waals surface area contributed by atoms with E-state index < -0.39 is 45.5 Å². The van der Waals surface area contributed by atoms with E-state index in [1.54, 1.807) is 19.9 Å². The minimum absolute atomic E-state index is 0.265. The number of carboxylic acids is 1. The van der Waals surface area contributed by atoms with Crippen LogP contribution in [-0.4, -0.2) is 40.6 Å². The Labute approximate surface area is 213 Å². The van der Waals surface area contributed by atoms with Gasteiger partial charge in [0.15, 0.2) is 12.3 Å². The summed E-state index contributed by atoms with van der Waals surface area (Å²) >= 11 is 11.3. The van der Waals surface area contributed by atoms with Crippen molar-refractivity contribution in [3.63, 3.8) is 0 Å². The van der Waals surface area contributed by atoms with Crippen molar-refractivity contribution in [3.8, 4) is 5.75 Å². The fourth-order valence-corrected chi connectivity index (χ4v) is 3.44. The molecule has 1 N–H and O–H groups in total. The number of alkyl halides is 3. The van der Waals surface area contributed by atoms with Gasteiger partial charge in [-0.3, -0.25) is 20.2 Å². The first-order valence-electron chi connectivity index (χ1n) is 10.3. The lowest BCUT2D eigenvalue weighted by Gasteiger charge is -2.23. The third kappa shape index (κ3) is 9.04. The average molecular weight is 556 g/mol. The first kappa shape index (κ1) is 30.7. The summed E-state index contributed by atoms with van der Waals surface area (Å²) in [6, 6.07) is 5.28. The van der Waals surface area contributed by atoms with Crippen molar-refractivity contribution >= 4 is 46.2 Å². The Balaban J connectivity index is 0.000000420. The fourth-order valence-electron chi connectivity index (χ4n) is 2.98. The van der Waals surface area contributed by atoms with E-state index in [9.17, 15) is 38.2 Å². The standard InChI is InChI=1S/C13H16F3N3O4.C8H6Cl2O3/c1-3-5-17(6-4-2)12-10(18(20)21)7-9(13(14,15)16)8-11(12)19(22)23;9-5-1-2-7(6(10)3-5)13-4-8(11)12/h7-8H,3-6H2,1-2H3;1-3H,4H2,(H,11,12). The van der Waals surface area contributed by atoms with Crippen LogP contribution in [0.5, 0.6) is 5.75 Å². The van der Waals surface area contributed by atoms with Crippen LogP contribution in [0, 0.1) is 20.2 Å². The summed E-state index contributed by atoms with van der Waals surface area (Å²) in [6.45, 7) is 3.65. The van der Waals surface area contributed by atoms with Crippen LogP contribution < -0.4 is 9.64 Å². The number of carbonyl (C=O) groups is 1. The summed E-state index contributed by atoms with van der Waals surface area (Å²) in [4.78, 5) is 31.9. The first-order valence-corrected chi connectivity index (χ1v) is 11.1. The molecule has 2 aromatic carbocycles.